The predicted molar refractivity (Wildman–Crippen MR) is 77.0 cm³/mol. The van der Waals surface area contributed by atoms with E-state index in [4.69, 9.17) is 4.74 Å². The number of benzene rings is 1. The minimum absolute atomic E-state index is 0.0952. The molecule has 0 bridgehead atoms. The molecule has 4 nitrogen and oxygen atoms in total. The number of halogens is 1. The molecular weight excluding hydrogens is 310 g/mol. The Kier molecular flexibility index (Phi) is 4.93. The monoisotopic (exact) mass is 327 g/mol. The van der Waals surface area contributed by atoms with Crippen molar-refractivity contribution in [3.05, 3.63) is 38.3 Å². The van der Waals surface area contributed by atoms with Gasteiger partial charge in [-0.1, -0.05) is 25.8 Å². The molecule has 0 aliphatic heterocycles. The molecule has 1 aromatic rings. The predicted octanol–water partition coefficient (Wildman–Crippen LogP) is 4.45. The van der Waals surface area contributed by atoms with Crippen LogP contribution >= 0.6 is 15.9 Å². The highest BCUT2D eigenvalue weighted by Crippen LogP contribution is 2.29. The second-order valence-corrected chi connectivity index (χ2v) is 6.01. The number of ether oxygens (including phenoxy) is 1. The first-order valence-corrected chi connectivity index (χ1v) is 7.41. The van der Waals surface area contributed by atoms with Crippen molar-refractivity contribution in [1.29, 1.82) is 0 Å². The summed E-state index contributed by atoms with van der Waals surface area (Å²) in [4.78, 5) is 10.5. The van der Waals surface area contributed by atoms with E-state index in [9.17, 15) is 10.1 Å². The van der Waals surface area contributed by atoms with E-state index in [0.717, 1.165) is 12.0 Å². The van der Waals surface area contributed by atoms with Crippen LogP contribution in [-0.4, -0.2) is 11.0 Å². The Hall–Kier alpha value is -0.940. The topological polar surface area (TPSA) is 52.4 Å². The summed E-state index contributed by atoms with van der Waals surface area (Å²) in [7, 11) is 0. The van der Waals surface area contributed by atoms with Crippen LogP contribution in [0.2, 0.25) is 0 Å². The summed E-state index contributed by atoms with van der Waals surface area (Å²) in [5.74, 6) is 0.583. The van der Waals surface area contributed by atoms with Crippen LogP contribution in [0, 0.1) is 16.0 Å². The molecule has 19 heavy (non-hydrogen) atoms. The normalized spacial score (nSPS) is 23.3. The minimum atomic E-state index is -0.378. The lowest BCUT2D eigenvalue weighted by atomic mass is 9.88. The molecule has 0 amide bonds. The fraction of sp³-hybridized carbons (Fsp3) is 0.571. The molecule has 5 heteroatoms. The first-order chi connectivity index (χ1) is 9.08. The number of nitro groups is 1. The highest BCUT2D eigenvalue weighted by molar-refractivity contribution is 9.10. The summed E-state index contributed by atoms with van der Waals surface area (Å²) in [6.45, 7) is 2.66. The molecule has 1 aromatic carbocycles. The molecule has 1 aliphatic carbocycles. The van der Waals surface area contributed by atoms with Crippen LogP contribution in [0.15, 0.2) is 22.7 Å². The van der Waals surface area contributed by atoms with Crippen molar-refractivity contribution in [1.82, 2.24) is 0 Å². The van der Waals surface area contributed by atoms with Crippen molar-refractivity contribution in [3.8, 4) is 0 Å². The largest absolute Gasteiger partial charge is 0.373 e. The molecule has 2 unspecified atom stereocenters. The van der Waals surface area contributed by atoms with Gasteiger partial charge in [0.15, 0.2) is 0 Å². The van der Waals surface area contributed by atoms with E-state index in [2.05, 4.69) is 22.9 Å². The zero-order chi connectivity index (χ0) is 13.8. The van der Waals surface area contributed by atoms with Crippen LogP contribution < -0.4 is 0 Å². The third-order valence-electron chi connectivity index (χ3n) is 3.70. The lowest BCUT2D eigenvalue weighted by Gasteiger charge is -2.28. The number of rotatable bonds is 4. The van der Waals surface area contributed by atoms with Gasteiger partial charge in [-0.3, -0.25) is 10.1 Å². The Morgan fingerprint density at radius 3 is 2.84 bits per heavy atom. The average Bonchev–Trinajstić information content (AvgIpc) is 2.39. The molecule has 1 fully saturated rings. The molecule has 1 saturated carbocycles. The van der Waals surface area contributed by atoms with E-state index < -0.39 is 0 Å². The van der Waals surface area contributed by atoms with Gasteiger partial charge in [-0.25, -0.2) is 0 Å². The number of hydrogen-bond acceptors (Lipinski definition) is 3. The molecule has 104 valence electrons. The van der Waals surface area contributed by atoms with Crippen LogP contribution in [0.5, 0.6) is 0 Å². The molecule has 0 heterocycles. The first kappa shape index (κ1) is 14.5. The number of nitro benzene ring substituents is 1. The molecule has 0 saturated heterocycles. The molecule has 0 radical (unpaired) electrons. The maximum atomic E-state index is 10.9. The van der Waals surface area contributed by atoms with Crippen molar-refractivity contribution < 1.29 is 9.66 Å². The van der Waals surface area contributed by atoms with Crippen LogP contribution in [0.25, 0.3) is 0 Å². The Morgan fingerprint density at radius 2 is 2.16 bits per heavy atom. The van der Waals surface area contributed by atoms with Gasteiger partial charge in [0, 0.05) is 6.07 Å². The zero-order valence-electron chi connectivity index (χ0n) is 11.0. The van der Waals surface area contributed by atoms with Gasteiger partial charge >= 0.3 is 0 Å². The Labute approximate surface area is 121 Å². The maximum Gasteiger partial charge on any atom is 0.283 e. The van der Waals surface area contributed by atoms with E-state index >= 15 is 0 Å². The van der Waals surface area contributed by atoms with Crippen LogP contribution in [0.4, 0.5) is 5.69 Å². The summed E-state index contributed by atoms with van der Waals surface area (Å²) >= 11 is 3.19. The Bertz CT molecular complexity index is 464. The lowest BCUT2D eigenvalue weighted by molar-refractivity contribution is -0.385. The lowest BCUT2D eigenvalue weighted by Crippen LogP contribution is -2.25. The van der Waals surface area contributed by atoms with Gasteiger partial charge in [-0.2, -0.15) is 0 Å². The molecule has 0 N–H and O–H groups in total. The van der Waals surface area contributed by atoms with Gasteiger partial charge in [0.25, 0.3) is 5.69 Å². The van der Waals surface area contributed by atoms with Crippen molar-refractivity contribution in [2.75, 3.05) is 0 Å². The zero-order valence-corrected chi connectivity index (χ0v) is 12.6. The van der Waals surface area contributed by atoms with Gasteiger partial charge in [-0.15, -0.1) is 0 Å². The molecule has 2 atom stereocenters. The SMILES string of the molecule is CC1CCCCC1OCc1ccc(Br)c([N+](=O)[O-])c1. The highest BCUT2D eigenvalue weighted by Gasteiger charge is 2.22. The van der Waals surface area contributed by atoms with Gasteiger partial charge in [0.1, 0.15) is 0 Å². The Morgan fingerprint density at radius 1 is 1.42 bits per heavy atom. The van der Waals surface area contributed by atoms with E-state index in [1.807, 2.05) is 6.07 Å². The second kappa shape index (κ2) is 6.48. The Balaban J connectivity index is 1.99. The van der Waals surface area contributed by atoms with E-state index in [1.165, 1.54) is 19.3 Å². The third-order valence-corrected chi connectivity index (χ3v) is 4.37. The number of nitrogens with zero attached hydrogens (tertiary/aromatic N) is 1. The third kappa shape index (κ3) is 3.76. The van der Waals surface area contributed by atoms with Crippen LogP contribution in [0.3, 0.4) is 0 Å². The van der Waals surface area contributed by atoms with E-state index in [-0.39, 0.29) is 16.7 Å². The van der Waals surface area contributed by atoms with Gasteiger partial charge < -0.3 is 4.74 Å². The maximum absolute atomic E-state index is 10.9. The smallest absolute Gasteiger partial charge is 0.283 e. The molecule has 0 spiro atoms. The summed E-state index contributed by atoms with van der Waals surface area (Å²) in [5.41, 5.74) is 0.950. The van der Waals surface area contributed by atoms with Gasteiger partial charge in [0.05, 0.1) is 22.1 Å². The summed E-state index contributed by atoms with van der Waals surface area (Å²) < 4.78 is 6.42. The summed E-state index contributed by atoms with van der Waals surface area (Å²) in [5, 5.41) is 10.9. The van der Waals surface area contributed by atoms with Crippen molar-refractivity contribution in [2.45, 2.75) is 45.3 Å². The molecule has 1 aliphatic rings. The molecule has 0 aromatic heterocycles. The standard InChI is InChI=1S/C14H18BrNO3/c1-10-4-2-3-5-14(10)19-9-11-6-7-12(15)13(8-11)16(17)18/h6-8,10,14H,2-5,9H2,1H3. The highest BCUT2D eigenvalue weighted by atomic mass is 79.9. The van der Waals surface area contributed by atoms with Gasteiger partial charge in [0.2, 0.25) is 0 Å². The van der Waals surface area contributed by atoms with E-state index in [1.54, 1.807) is 12.1 Å². The fourth-order valence-corrected chi connectivity index (χ4v) is 2.91. The van der Waals surface area contributed by atoms with Crippen molar-refractivity contribution >= 4 is 21.6 Å². The number of hydrogen-bond donors (Lipinski definition) is 0. The molecular formula is C14H18BrNO3. The quantitative estimate of drug-likeness (QED) is 0.606. The van der Waals surface area contributed by atoms with E-state index in [0.29, 0.717) is 17.0 Å². The summed E-state index contributed by atoms with van der Waals surface area (Å²) in [6.07, 6.45) is 5.10. The first-order valence-electron chi connectivity index (χ1n) is 6.62. The molecule has 2 rings (SSSR count). The minimum Gasteiger partial charge on any atom is -0.373 e. The fourth-order valence-electron chi connectivity index (χ4n) is 2.52. The summed E-state index contributed by atoms with van der Waals surface area (Å²) in [6, 6.07) is 5.16. The van der Waals surface area contributed by atoms with Gasteiger partial charge in [-0.05, 0) is 46.3 Å². The second-order valence-electron chi connectivity index (χ2n) is 5.15. The van der Waals surface area contributed by atoms with Crippen LogP contribution in [-0.2, 0) is 11.3 Å². The van der Waals surface area contributed by atoms with Crippen molar-refractivity contribution in [2.24, 2.45) is 5.92 Å². The van der Waals surface area contributed by atoms with Crippen LogP contribution in [0.1, 0.15) is 38.2 Å². The van der Waals surface area contributed by atoms with Crippen molar-refractivity contribution in [3.63, 3.8) is 0 Å². The average molecular weight is 328 g/mol.